The number of allylic oxidation sites excluding steroid dienone is 2. The molecule has 2 aromatic rings. The summed E-state index contributed by atoms with van der Waals surface area (Å²) in [4.78, 5) is 22.0. The molecule has 0 spiro atoms. The molecule has 0 fully saturated rings. The number of nitrogens with zero attached hydrogens (tertiary/aromatic N) is 3. The number of likely N-dealkylation sites (N-methyl/N-ethyl adjacent to an activating group) is 1. The molecular weight excluding hydrogens is 433 g/mol. The minimum Gasteiger partial charge on any atom is -0.472 e. The summed E-state index contributed by atoms with van der Waals surface area (Å²) in [6.07, 6.45) is 6.94. The fourth-order valence-corrected chi connectivity index (χ4v) is 4.70. The van der Waals surface area contributed by atoms with E-state index in [0.717, 1.165) is 30.4 Å². The van der Waals surface area contributed by atoms with Gasteiger partial charge in [-0.1, -0.05) is 25.1 Å². The van der Waals surface area contributed by atoms with Crippen molar-refractivity contribution in [2.24, 2.45) is 5.92 Å². The molecule has 1 aliphatic heterocycles. The van der Waals surface area contributed by atoms with E-state index in [4.69, 9.17) is 4.74 Å². The number of pyridine rings is 1. The molecule has 0 saturated heterocycles. The number of aromatic nitrogens is 1. The number of aliphatic hydroxyl groups is 1. The fraction of sp³-hybridized carbons (Fsp3) is 0.481. The molecule has 0 saturated carbocycles. The van der Waals surface area contributed by atoms with E-state index in [1.807, 2.05) is 20.0 Å². The Kier molecular flexibility index (Phi) is 7.63. The summed E-state index contributed by atoms with van der Waals surface area (Å²) >= 11 is 0. The predicted octanol–water partition coefficient (Wildman–Crippen LogP) is 4.14. The SMILES string of the molecule is C[C@H]1CN([C@@H](C)CO)C(=O)c2cc(C3=CCCC3)cnc2O[C@H]1CN(C)Cc1ccc(F)cc1. The molecule has 1 aromatic carbocycles. The number of carbonyl (C=O) groups is 1. The molecule has 1 amide bonds. The van der Waals surface area contributed by atoms with E-state index in [9.17, 15) is 14.3 Å². The lowest BCUT2D eigenvalue weighted by Crippen LogP contribution is -2.49. The maximum atomic E-state index is 13.5. The Hall–Kier alpha value is -2.77. The van der Waals surface area contributed by atoms with Crippen molar-refractivity contribution in [3.63, 3.8) is 0 Å². The number of hydrogen-bond acceptors (Lipinski definition) is 5. The van der Waals surface area contributed by atoms with Gasteiger partial charge in [0, 0.05) is 31.7 Å². The van der Waals surface area contributed by atoms with E-state index in [0.29, 0.717) is 31.1 Å². The smallest absolute Gasteiger partial charge is 0.259 e. The van der Waals surface area contributed by atoms with Crippen molar-refractivity contribution in [3.8, 4) is 5.88 Å². The maximum Gasteiger partial charge on any atom is 0.259 e. The highest BCUT2D eigenvalue weighted by Crippen LogP contribution is 2.32. The molecule has 2 heterocycles. The minimum atomic E-state index is -0.312. The summed E-state index contributed by atoms with van der Waals surface area (Å²) in [5.74, 6) is -0.0500. The largest absolute Gasteiger partial charge is 0.472 e. The fourth-order valence-electron chi connectivity index (χ4n) is 4.70. The van der Waals surface area contributed by atoms with E-state index < -0.39 is 0 Å². The highest BCUT2D eigenvalue weighted by Gasteiger charge is 2.34. The van der Waals surface area contributed by atoms with E-state index in [1.165, 1.54) is 17.7 Å². The molecule has 0 radical (unpaired) electrons. The van der Waals surface area contributed by atoms with Gasteiger partial charge >= 0.3 is 0 Å². The summed E-state index contributed by atoms with van der Waals surface area (Å²) in [5.41, 5.74) is 3.64. The second kappa shape index (κ2) is 10.7. The van der Waals surface area contributed by atoms with Gasteiger partial charge < -0.3 is 14.7 Å². The van der Waals surface area contributed by atoms with Crippen LogP contribution in [0.3, 0.4) is 0 Å². The van der Waals surface area contributed by atoms with Crippen LogP contribution in [0.1, 0.15) is 54.6 Å². The number of ether oxygens (including phenoxy) is 1. The van der Waals surface area contributed by atoms with Gasteiger partial charge in [-0.25, -0.2) is 9.37 Å². The van der Waals surface area contributed by atoms with Crippen molar-refractivity contribution in [2.45, 2.75) is 51.8 Å². The van der Waals surface area contributed by atoms with Crippen LogP contribution >= 0.6 is 0 Å². The zero-order chi connectivity index (χ0) is 24.2. The van der Waals surface area contributed by atoms with Gasteiger partial charge in [0.1, 0.15) is 17.5 Å². The quantitative estimate of drug-likeness (QED) is 0.663. The van der Waals surface area contributed by atoms with E-state index in [-0.39, 0.29) is 36.4 Å². The zero-order valence-corrected chi connectivity index (χ0v) is 20.2. The first kappa shape index (κ1) is 24.4. The third-order valence-electron chi connectivity index (χ3n) is 6.79. The van der Waals surface area contributed by atoms with Crippen LogP contribution in [0.5, 0.6) is 5.88 Å². The van der Waals surface area contributed by atoms with Crippen molar-refractivity contribution in [3.05, 3.63) is 65.1 Å². The summed E-state index contributed by atoms with van der Waals surface area (Å²) in [6.45, 7) is 5.55. The van der Waals surface area contributed by atoms with Crippen LogP contribution in [0, 0.1) is 11.7 Å². The summed E-state index contributed by atoms with van der Waals surface area (Å²) in [5, 5.41) is 9.84. The number of benzene rings is 1. The number of fused-ring (bicyclic) bond motifs is 1. The van der Waals surface area contributed by atoms with Crippen molar-refractivity contribution < 1.29 is 19.0 Å². The van der Waals surface area contributed by atoms with Crippen molar-refractivity contribution in [1.82, 2.24) is 14.8 Å². The summed E-state index contributed by atoms with van der Waals surface area (Å²) in [6, 6.07) is 8.09. The summed E-state index contributed by atoms with van der Waals surface area (Å²) in [7, 11) is 2.00. The highest BCUT2D eigenvalue weighted by atomic mass is 19.1. The first-order valence-electron chi connectivity index (χ1n) is 12.1. The second-order valence-corrected chi connectivity index (χ2v) is 9.64. The van der Waals surface area contributed by atoms with Crippen molar-refractivity contribution >= 4 is 11.5 Å². The Morgan fingerprint density at radius 2 is 2.09 bits per heavy atom. The van der Waals surface area contributed by atoms with E-state index in [1.54, 1.807) is 23.2 Å². The average molecular weight is 468 g/mol. The number of halogens is 1. The molecule has 7 heteroatoms. The molecule has 1 N–H and O–H groups in total. The number of hydrogen-bond donors (Lipinski definition) is 1. The van der Waals surface area contributed by atoms with Gasteiger partial charge in [0.05, 0.1) is 12.6 Å². The number of rotatable bonds is 7. The number of aliphatic hydroxyl groups excluding tert-OH is 1. The third kappa shape index (κ3) is 5.47. The van der Waals surface area contributed by atoms with Crippen LogP contribution in [-0.2, 0) is 6.54 Å². The molecule has 4 rings (SSSR count). The van der Waals surface area contributed by atoms with Gasteiger partial charge in [-0.3, -0.25) is 9.69 Å². The van der Waals surface area contributed by atoms with Crippen molar-refractivity contribution in [2.75, 3.05) is 26.7 Å². The Bertz CT molecular complexity index is 1040. The summed E-state index contributed by atoms with van der Waals surface area (Å²) < 4.78 is 19.7. The lowest BCUT2D eigenvalue weighted by Gasteiger charge is -2.37. The first-order chi connectivity index (χ1) is 16.4. The van der Waals surface area contributed by atoms with Gasteiger partial charge in [0.2, 0.25) is 5.88 Å². The van der Waals surface area contributed by atoms with Crippen LogP contribution < -0.4 is 4.74 Å². The highest BCUT2D eigenvalue weighted by molar-refractivity contribution is 5.97. The first-order valence-corrected chi connectivity index (χ1v) is 12.1. The lowest BCUT2D eigenvalue weighted by molar-refractivity contribution is 0.0325. The second-order valence-electron chi connectivity index (χ2n) is 9.64. The molecule has 0 unspecified atom stereocenters. The van der Waals surface area contributed by atoms with Gasteiger partial charge in [-0.05, 0) is 68.1 Å². The van der Waals surface area contributed by atoms with Gasteiger partial charge in [0.25, 0.3) is 5.91 Å². The van der Waals surface area contributed by atoms with Gasteiger partial charge in [-0.2, -0.15) is 0 Å². The monoisotopic (exact) mass is 467 g/mol. The van der Waals surface area contributed by atoms with Crippen LogP contribution in [0.2, 0.25) is 0 Å². The topological polar surface area (TPSA) is 65.9 Å². The maximum absolute atomic E-state index is 13.5. The number of carbonyl (C=O) groups excluding carboxylic acids is 1. The van der Waals surface area contributed by atoms with E-state index in [2.05, 4.69) is 22.9 Å². The standard InChI is InChI=1S/C27H34FN3O3/c1-18-14-31(19(2)17-32)27(33)24-12-22(21-6-4-5-7-21)13-29-26(24)34-25(18)16-30(3)15-20-8-10-23(28)11-9-20/h6,8-13,18-19,25,32H,4-5,7,14-17H2,1-3H3/t18-,19-,25-/m0/s1. The zero-order valence-electron chi connectivity index (χ0n) is 20.2. The van der Waals surface area contributed by atoms with Crippen LogP contribution in [-0.4, -0.2) is 64.7 Å². The average Bonchev–Trinajstić information content (AvgIpc) is 3.37. The molecule has 6 nitrogen and oxygen atoms in total. The molecule has 1 aromatic heterocycles. The van der Waals surface area contributed by atoms with Gasteiger partial charge in [0.15, 0.2) is 0 Å². The molecule has 1 aliphatic carbocycles. The Labute approximate surface area is 201 Å². The van der Waals surface area contributed by atoms with Crippen molar-refractivity contribution in [1.29, 1.82) is 0 Å². The number of amides is 1. The Morgan fingerprint density at radius 3 is 2.76 bits per heavy atom. The van der Waals surface area contributed by atoms with E-state index >= 15 is 0 Å². The van der Waals surface area contributed by atoms with Crippen LogP contribution in [0.25, 0.3) is 5.57 Å². The van der Waals surface area contributed by atoms with Crippen LogP contribution in [0.4, 0.5) is 4.39 Å². The minimum absolute atomic E-state index is 0.0146. The molecule has 2 aliphatic rings. The molecule has 3 atom stereocenters. The molecule has 0 bridgehead atoms. The third-order valence-corrected chi connectivity index (χ3v) is 6.79. The molecule has 182 valence electrons. The Morgan fingerprint density at radius 1 is 1.32 bits per heavy atom. The lowest BCUT2D eigenvalue weighted by atomic mass is 9.99. The normalized spacial score (nSPS) is 21.5. The van der Waals surface area contributed by atoms with Crippen LogP contribution in [0.15, 0.2) is 42.6 Å². The molecule has 34 heavy (non-hydrogen) atoms. The predicted molar refractivity (Wildman–Crippen MR) is 130 cm³/mol. The molecular formula is C27H34FN3O3. The Balaban J connectivity index is 1.61. The van der Waals surface area contributed by atoms with Gasteiger partial charge in [-0.15, -0.1) is 0 Å².